The number of nitrogens with one attached hydrogen (secondary N) is 1. The Balaban J connectivity index is 0.000000186. The summed E-state index contributed by atoms with van der Waals surface area (Å²) >= 11 is 0. The molecule has 5 fully saturated rings. The summed E-state index contributed by atoms with van der Waals surface area (Å²) in [7, 11) is 0. The lowest BCUT2D eigenvalue weighted by Gasteiger charge is -2.50. The van der Waals surface area contributed by atoms with E-state index in [4.69, 9.17) is 15.2 Å². The van der Waals surface area contributed by atoms with Gasteiger partial charge >= 0.3 is 5.97 Å². The topological polar surface area (TPSA) is 265 Å². The molecule has 17 heteroatoms. The number of phenols is 2. The van der Waals surface area contributed by atoms with Crippen LogP contribution in [-0.2, 0) is 49.5 Å². The molecule has 3 aromatic heterocycles. The van der Waals surface area contributed by atoms with Crippen LogP contribution < -0.4 is 11.1 Å². The molecule has 1 aliphatic heterocycles. The summed E-state index contributed by atoms with van der Waals surface area (Å²) < 4.78 is 12.7. The molecule has 15 atom stereocenters. The zero-order valence-electron chi connectivity index (χ0n) is 47.1. The summed E-state index contributed by atoms with van der Waals surface area (Å²) in [6.45, 7) is 4.71. The van der Waals surface area contributed by atoms with Crippen molar-refractivity contribution in [2.75, 3.05) is 18.9 Å². The van der Waals surface area contributed by atoms with Crippen LogP contribution >= 0.6 is 0 Å². The smallest absolute Gasteiger partial charge is 0.305 e. The fourth-order valence-corrected chi connectivity index (χ4v) is 16.4. The summed E-state index contributed by atoms with van der Waals surface area (Å²) in [5, 5.41) is 55.9. The third kappa shape index (κ3) is 11.6. The Labute approximate surface area is 474 Å². The number of unbranched alkanes of at least 4 members (excludes halogenated alkanes) is 5. The molecule has 6 aliphatic carbocycles. The number of aryl methyl sites for hydroxylation is 3. The minimum atomic E-state index is -1.26. The first-order valence-electron chi connectivity index (χ1n) is 30.3. The van der Waals surface area contributed by atoms with Crippen LogP contribution in [0.2, 0.25) is 0 Å². The number of Topliss-reactive ketones (excluding diaryl/α,β-unsaturated/α-hetero) is 1. The first-order valence-corrected chi connectivity index (χ1v) is 30.3. The first kappa shape index (κ1) is 56.8. The Bertz CT molecular complexity index is 3050. The van der Waals surface area contributed by atoms with E-state index in [0.717, 1.165) is 127 Å². The van der Waals surface area contributed by atoms with E-state index in [9.17, 15) is 39.9 Å². The number of aromatic nitrogens is 5. The molecule has 0 bridgehead atoms. The molecule has 434 valence electrons. The second-order valence-corrected chi connectivity index (χ2v) is 25.1. The highest BCUT2D eigenvalue weighted by molar-refractivity contribution is 5.87. The number of nitrogens with zero attached hydrogens (tertiary/aromatic N) is 5. The van der Waals surface area contributed by atoms with E-state index in [0.29, 0.717) is 89.3 Å². The number of ether oxygens (including phenoxy) is 2. The number of amides is 1. The molecule has 0 radical (unpaired) electrons. The molecule has 8 N–H and O–H groups in total. The number of aromatic hydroxyl groups is 2. The van der Waals surface area contributed by atoms with E-state index in [2.05, 4.69) is 51.2 Å². The van der Waals surface area contributed by atoms with Crippen molar-refractivity contribution in [2.45, 2.75) is 185 Å². The van der Waals surface area contributed by atoms with Gasteiger partial charge in [0.15, 0.2) is 17.7 Å². The summed E-state index contributed by atoms with van der Waals surface area (Å²) in [6.07, 6.45) is 20.6. The van der Waals surface area contributed by atoms with Crippen LogP contribution in [-0.4, -0.2) is 105 Å². The van der Waals surface area contributed by atoms with Gasteiger partial charge in [-0.25, -0.2) is 15.0 Å². The van der Waals surface area contributed by atoms with E-state index in [-0.39, 0.29) is 47.7 Å². The predicted molar refractivity (Wildman–Crippen MR) is 303 cm³/mol. The molecule has 4 saturated carbocycles. The number of carbonyl (C=O) groups excluding carboxylic acids is 3. The van der Waals surface area contributed by atoms with Crippen molar-refractivity contribution in [3.8, 4) is 11.5 Å². The number of ketones is 1. The maximum atomic E-state index is 13.2. The second-order valence-electron chi connectivity index (χ2n) is 25.1. The van der Waals surface area contributed by atoms with Crippen molar-refractivity contribution in [3.05, 3.63) is 101 Å². The molecular formula is C64H83N7O10. The van der Waals surface area contributed by atoms with E-state index < -0.39 is 24.5 Å². The van der Waals surface area contributed by atoms with Gasteiger partial charge in [-0.15, -0.1) is 0 Å². The molecular weight excluding hydrogens is 1030 g/mol. The monoisotopic (exact) mass is 1110 g/mol. The van der Waals surface area contributed by atoms with Crippen molar-refractivity contribution in [3.63, 3.8) is 0 Å². The van der Waals surface area contributed by atoms with Crippen molar-refractivity contribution < 1.29 is 49.4 Å². The number of nitrogen functional groups attached to an aromatic ring is 1. The molecule has 0 spiro atoms. The Kier molecular flexibility index (Phi) is 17.2. The summed E-state index contributed by atoms with van der Waals surface area (Å²) in [5.74, 6) is 4.63. The van der Waals surface area contributed by atoms with Gasteiger partial charge in [-0.05, 0) is 188 Å². The zero-order chi connectivity index (χ0) is 56.5. The molecule has 12 rings (SSSR count). The standard InChI is InChI=1S/C37H51N5O7.C27H32N2O3/c1-37-15-14-25-24-13-11-23(43)16-21(24)10-12-26(25)27(37)17-22(33(37)47)8-6-4-2-3-5-7-9-29(44)48-18-28-31(45)32(46)36(49-28)42-20-41-30-34(38)39-19-40-35(30)42;1-2-17-11-23-18(13-25(17)30)5-6-21-20(23)7-8-22-24(21)12-19(27(22)32)15-29-26(31)10-16-4-3-9-28-14-16/h11,13,16,19-20,22,25-28,31-33,36,43,45-47H,2-10,12,14-15,17-18H2,1H3,(H2,38,39,40);3-4,9,11,13-14,19-22,24,30H,2,5-8,10,12,15H2,1H3,(H,29,31)/t22-,25?,26?,27?,28?,31?,32?,33-,36?,37-;/m0./s1. The van der Waals surface area contributed by atoms with E-state index in [1.807, 2.05) is 30.3 Å². The molecule has 5 aromatic rings. The Morgan fingerprint density at radius 3 is 2.42 bits per heavy atom. The number of nitrogens with two attached hydrogens (primary N) is 1. The van der Waals surface area contributed by atoms with Crippen LogP contribution in [0.25, 0.3) is 11.2 Å². The van der Waals surface area contributed by atoms with Crippen molar-refractivity contribution in [1.29, 1.82) is 0 Å². The van der Waals surface area contributed by atoms with Crippen molar-refractivity contribution in [2.24, 2.45) is 46.8 Å². The van der Waals surface area contributed by atoms with Gasteiger partial charge in [0.25, 0.3) is 0 Å². The number of imidazole rings is 1. The van der Waals surface area contributed by atoms with Gasteiger partial charge in [-0.2, -0.15) is 0 Å². The number of aliphatic hydroxyl groups is 3. The van der Waals surface area contributed by atoms with Gasteiger partial charge in [0.05, 0.1) is 18.9 Å². The predicted octanol–water partition coefficient (Wildman–Crippen LogP) is 8.51. The van der Waals surface area contributed by atoms with Crippen LogP contribution in [0.3, 0.4) is 0 Å². The number of benzene rings is 2. The molecule has 1 saturated heterocycles. The number of hydrogen-bond donors (Lipinski definition) is 7. The number of carbonyl (C=O) groups is 3. The van der Waals surface area contributed by atoms with Crippen molar-refractivity contribution >= 4 is 34.6 Å². The lowest BCUT2D eigenvalue weighted by molar-refractivity contribution is -0.150. The second kappa shape index (κ2) is 24.4. The maximum absolute atomic E-state index is 13.2. The van der Waals surface area contributed by atoms with Gasteiger partial charge < -0.3 is 46.1 Å². The molecule has 81 heavy (non-hydrogen) atoms. The molecule has 12 unspecified atom stereocenters. The molecule has 7 aliphatic rings. The van der Waals surface area contributed by atoms with Gasteiger partial charge in [0.2, 0.25) is 5.91 Å². The number of aliphatic hydroxyl groups excluding tert-OH is 3. The SMILES string of the molecule is CCc1cc2c(cc1O)CCC1C2CCC2C(=O)C(CNC(=O)Cc3cccnc3)CC21.C[C@]12CCC3c4ccc(O)cc4CCC3C1C[C@H](CCCCCCCCC(=O)OCC1OC(n3cnc4c(N)ncnc43)C(O)C1O)[C@@H]2O. The van der Waals surface area contributed by atoms with E-state index in [1.165, 1.54) is 39.5 Å². The van der Waals surface area contributed by atoms with E-state index in [1.54, 1.807) is 12.4 Å². The Morgan fingerprint density at radius 1 is 0.852 bits per heavy atom. The van der Waals surface area contributed by atoms with Gasteiger partial charge in [-0.1, -0.05) is 64.2 Å². The average Bonchev–Trinajstić information content (AvgIpc) is 4.27. The number of rotatable bonds is 17. The van der Waals surface area contributed by atoms with Gasteiger partial charge in [0, 0.05) is 37.2 Å². The number of hydrogen-bond acceptors (Lipinski definition) is 15. The highest BCUT2D eigenvalue weighted by Crippen LogP contribution is 2.63. The number of esters is 1. The van der Waals surface area contributed by atoms with Gasteiger partial charge in [0.1, 0.15) is 54.0 Å². The van der Waals surface area contributed by atoms with Crippen LogP contribution in [0.15, 0.2) is 67.5 Å². The molecule has 1 amide bonds. The van der Waals surface area contributed by atoms with E-state index >= 15 is 0 Å². The third-order valence-electron chi connectivity index (χ3n) is 20.6. The summed E-state index contributed by atoms with van der Waals surface area (Å²) in [4.78, 5) is 54.3. The fourth-order valence-electron chi connectivity index (χ4n) is 16.4. The fraction of sp³-hybridized carbons (Fsp3) is 0.609. The quantitative estimate of drug-likeness (QED) is 0.0340. The molecule has 2 aromatic carbocycles. The van der Waals surface area contributed by atoms with Crippen LogP contribution in [0.4, 0.5) is 5.82 Å². The average molecular weight is 1110 g/mol. The van der Waals surface area contributed by atoms with Crippen LogP contribution in [0.1, 0.15) is 168 Å². The van der Waals surface area contributed by atoms with Crippen molar-refractivity contribution in [1.82, 2.24) is 29.8 Å². The van der Waals surface area contributed by atoms with Crippen LogP contribution in [0.5, 0.6) is 11.5 Å². The van der Waals surface area contributed by atoms with Gasteiger partial charge in [-0.3, -0.25) is 23.9 Å². The largest absolute Gasteiger partial charge is 0.508 e. The molecule has 4 heterocycles. The Morgan fingerprint density at radius 2 is 1.62 bits per heavy atom. The lowest BCUT2D eigenvalue weighted by Crippen LogP contribution is -2.44. The number of fused-ring (bicyclic) bond motifs is 11. The normalized spacial score (nSPS) is 31.6. The summed E-state index contributed by atoms with van der Waals surface area (Å²) in [5.41, 5.74) is 14.0. The number of phenolic OH excluding ortho intramolecular Hbond substituents is 2. The van der Waals surface area contributed by atoms with Crippen LogP contribution in [0, 0.1) is 46.8 Å². The number of anilines is 1. The minimum Gasteiger partial charge on any atom is -0.508 e. The number of pyridine rings is 1. The minimum absolute atomic E-state index is 0.0116. The highest BCUT2D eigenvalue weighted by atomic mass is 16.6. The third-order valence-corrected chi connectivity index (χ3v) is 20.6. The maximum Gasteiger partial charge on any atom is 0.305 e. The molecule has 17 nitrogen and oxygen atoms in total. The highest BCUT2D eigenvalue weighted by Gasteiger charge is 2.58. The Hall–Kier alpha value is -6.01. The summed E-state index contributed by atoms with van der Waals surface area (Å²) in [6, 6.07) is 13.9. The first-order chi connectivity index (χ1) is 39.2. The zero-order valence-corrected chi connectivity index (χ0v) is 47.1. The lowest BCUT2D eigenvalue weighted by atomic mass is 9.55.